The predicted octanol–water partition coefficient (Wildman–Crippen LogP) is 1.36. The molecule has 0 saturated carbocycles. The number of piperazine rings is 1. The molecule has 1 saturated heterocycles. The van der Waals surface area contributed by atoms with Crippen LogP contribution in [0.2, 0.25) is 0 Å². The molecule has 0 bridgehead atoms. The van der Waals surface area contributed by atoms with Gasteiger partial charge >= 0.3 is 0 Å². The molecule has 0 aliphatic carbocycles. The molecule has 1 atom stereocenters. The molecule has 1 aliphatic rings. The number of aromatic nitrogens is 2. The molecule has 6 nitrogen and oxygen atoms in total. The Labute approximate surface area is 130 Å². The van der Waals surface area contributed by atoms with Gasteiger partial charge in [0.05, 0.1) is 6.61 Å². The highest BCUT2D eigenvalue weighted by Gasteiger charge is 2.29. The first-order valence-corrected chi connectivity index (χ1v) is 7.57. The minimum atomic E-state index is 0.0907. The average Bonchev–Trinajstić information content (AvgIpc) is 2.96. The molecule has 118 valence electrons. The zero-order chi connectivity index (χ0) is 15.5. The van der Waals surface area contributed by atoms with Crippen LogP contribution in [0.25, 0.3) is 0 Å². The van der Waals surface area contributed by atoms with Gasteiger partial charge in [0, 0.05) is 26.2 Å². The van der Waals surface area contributed by atoms with Crippen LogP contribution < -0.4 is 0 Å². The Morgan fingerprint density at radius 3 is 2.59 bits per heavy atom. The maximum Gasteiger partial charge on any atom is 0.245 e. The summed E-state index contributed by atoms with van der Waals surface area (Å²) >= 11 is 0. The van der Waals surface area contributed by atoms with E-state index in [0.717, 1.165) is 31.7 Å². The van der Waals surface area contributed by atoms with E-state index >= 15 is 0 Å². The van der Waals surface area contributed by atoms with Gasteiger partial charge in [-0.1, -0.05) is 29.4 Å². The van der Waals surface area contributed by atoms with E-state index in [0.29, 0.717) is 11.7 Å². The normalized spacial score (nSPS) is 20.4. The van der Waals surface area contributed by atoms with E-state index in [1.54, 1.807) is 0 Å². The lowest BCUT2D eigenvalue weighted by atomic mass is 10.1. The molecule has 1 fully saturated rings. The van der Waals surface area contributed by atoms with E-state index in [1.807, 2.05) is 19.1 Å². The number of nitrogens with zero attached hydrogens (tertiary/aromatic N) is 4. The van der Waals surface area contributed by atoms with Crippen molar-refractivity contribution in [1.82, 2.24) is 19.9 Å². The van der Waals surface area contributed by atoms with E-state index in [1.165, 1.54) is 5.56 Å². The van der Waals surface area contributed by atoms with Gasteiger partial charge in [0.2, 0.25) is 5.89 Å². The highest BCUT2D eigenvalue weighted by atomic mass is 16.5. The fourth-order valence-corrected chi connectivity index (χ4v) is 2.80. The van der Waals surface area contributed by atoms with Gasteiger partial charge in [-0.3, -0.25) is 9.80 Å². The Kier molecular flexibility index (Phi) is 4.52. The van der Waals surface area contributed by atoms with Crippen LogP contribution in [0.15, 0.2) is 28.8 Å². The summed E-state index contributed by atoms with van der Waals surface area (Å²) in [6.45, 7) is 5.69. The zero-order valence-corrected chi connectivity index (χ0v) is 13.1. The number of aliphatic hydroxyl groups is 1. The molecule has 0 spiro atoms. The maximum absolute atomic E-state index is 9.10. The molecule has 2 heterocycles. The smallest absolute Gasteiger partial charge is 0.245 e. The zero-order valence-electron chi connectivity index (χ0n) is 13.1. The molecule has 3 rings (SSSR count). The summed E-state index contributed by atoms with van der Waals surface area (Å²) in [4.78, 5) is 9.04. The van der Waals surface area contributed by atoms with E-state index in [9.17, 15) is 0 Å². The van der Waals surface area contributed by atoms with Crippen LogP contribution >= 0.6 is 0 Å². The van der Waals surface area contributed by atoms with Crippen molar-refractivity contribution in [1.29, 1.82) is 0 Å². The third-order valence-corrected chi connectivity index (χ3v) is 4.17. The second-order valence-electron chi connectivity index (χ2n) is 5.89. The van der Waals surface area contributed by atoms with Gasteiger partial charge in [-0.25, -0.2) is 0 Å². The van der Waals surface area contributed by atoms with Crippen LogP contribution in [0.4, 0.5) is 0 Å². The third kappa shape index (κ3) is 3.35. The number of hydrogen-bond donors (Lipinski definition) is 1. The van der Waals surface area contributed by atoms with Gasteiger partial charge in [-0.2, -0.15) is 4.98 Å². The monoisotopic (exact) mass is 302 g/mol. The van der Waals surface area contributed by atoms with E-state index in [2.05, 4.69) is 39.1 Å². The van der Waals surface area contributed by atoms with Gasteiger partial charge in [-0.15, -0.1) is 0 Å². The molecule has 22 heavy (non-hydrogen) atoms. The van der Waals surface area contributed by atoms with Crippen LogP contribution in [-0.2, 0) is 13.2 Å². The molecule has 0 amide bonds. The molecule has 2 aromatic rings. The summed E-state index contributed by atoms with van der Waals surface area (Å²) in [5, 5.41) is 13.0. The van der Waals surface area contributed by atoms with Crippen molar-refractivity contribution >= 4 is 0 Å². The number of aliphatic hydroxyl groups excluding tert-OH is 1. The molecule has 0 radical (unpaired) electrons. The second kappa shape index (κ2) is 6.56. The van der Waals surface area contributed by atoms with Crippen LogP contribution in [0.1, 0.15) is 28.9 Å². The summed E-state index contributed by atoms with van der Waals surface area (Å²) in [5.41, 5.74) is 2.20. The van der Waals surface area contributed by atoms with E-state index in [4.69, 9.17) is 9.63 Å². The fourth-order valence-electron chi connectivity index (χ4n) is 2.80. The van der Waals surface area contributed by atoms with Crippen molar-refractivity contribution in [3.05, 3.63) is 47.1 Å². The maximum atomic E-state index is 9.10. The molecule has 1 aromatic heterocycles. The molecular weight excluding hydrogens is 280 g/mol. The second-order valence-corrected chi connectivity index (χ2v) is 5.89. The average molecular weight is 302 g/mol. The lowest BCUT2D eigenvalue weighted by Crippen LogP contribution is -2.46. The molecule has 1 aromatic carbocycles. The Morgan fingerprint density at radius 2 is 1.95 bits per heavy atom. The SMILES string of the molecule is Cc1noc([C@@H]2CN(Cc3ccc(CO)cc3)CCN2C)n1. The Bertz CT molecular complexity index is 611. The van der Waals surface area contributed by atoms with Crippen molar-refractivity contribution in [2.45, 2.75) is 26.1 Å². The standard InChI is InChI=1S/C16H22N4O2/c1-12-17-16(22-18-12)15-10-20(8-7-19(15)2)9-13-3-5-14(11-21)6-4-13/h3-6,15,21H,7-11H2,1-2H3/t15-/m0/s1. The highest BCUT2D eigenvalue weighted by molar-refractivity contribution is 5.22. The van der Waals surface area contributed by atoms with Crippen molar-refractivity contribution in [3.8, 4) is 0 Å². The van der Waals surface area contributed by atoms with Crippen molar-refractivity contribution < 1.29 is 9.63 Å². The summed E-state index contributed by atoms with van der Waals surface area (Å²) in [7, 11) is 2.09. The van der Waals surface area contributed by atoms with Crippen LogP contribution in [0.3, 0.4) is 0 Å². The molecule has 1 aliphatic heterocycles. The minimum Gasteiger partial charge on any atom is -0.392 e. The van der Waals surface area contributed by atoms with Crippen LogP contribution in [-0.4, -0.2) is 51.7 Å². The molecule has 6 heteroatoms. The Hall–Kier alpha value is -1.76. The van der Waals surface area contributed by atoms with Crippen molar-refractivity contribution in [2.24, 2.45) is 0 Å². The number of likely N-dealkylation sites (N-methyl/N-ethyl adjacent to an activating group) is 1. The number of rotatable bonds is 4. The summed E-state index contributed by atoms with van der Waals surface area (Å²) in [6.07, 6.45) is 0. The molecular formula is C16H22N4O2. The predicted molar refractivity (Wildman–Crippen MR) is 82.0 cm³/mol. The first-order chi connectivity index (χ1) is 10.7. The summed E-state index contributed by atoms with van der Waals surface area (Å²) in [5.74, 6) is 1.38. The molecule has 0 unspecified atom stereocenters. The van der Waals surface area contributed by atoms with Gasteiger partial charge < -0.3 is 9.63 Å². The third-order valence-electron chi connectivity index (χ3n) is 4.17. The van der Waals surface area contributed by atoms with Crippen molar-refractivity contribution in [3.63, 3.8) is 0 Å². The Morgan fingerprint density at radius 1 is 1.23 bits per heavy atom. The topological polar surface area (TPSA) is 65.6 Å². The lowest BCUT2D eigenvalue weighted by Gasteiger charge is -2.37. The Balaban J connectivity index is 1.67. The summed E-state index contributed by atoms with van der Waals surface area (Å²) in [6, 6.07) is 8.26. The van der Waals surface area contributed by atoms with Crippen molar-refractivity contribution in [2.75, 3.05) is 26.7 Å². The summed E-state index contributed by atoms with van der Waals surface area (Å²) < 4.78 is 5.35. The number of aryl methyl sites for hydroxylation is 1. The lowest BCUT2D eigenvalue weighted by molar-refractivity contribution is 0.0714. The first-order valence-electron chi connectivity index (χ1n) is 7.57. The van der Waals surface area contributed by atoms with Gasteiger partial charge in [0.15, 0.2) is 5.82 Å². The molecule has 1 N–H and O–H groups in total. The van der Waals surface area contributed by atoms with Crippen LogP contribution in [0.5, 0.6) is 0 Å². The first kappa shape index (κ1) is 15.1. The number of benzene rings is 1. The van der Waals surface area contributed by atoms with Gasteiger partial charge in [-0.05, 0) is 25.1 Å². The van der Waals surface area contributed by atoms with Gasteiger partial charge in [0.1, 0.15) is 6.04 Å². The quantitative estimate of drug-likeness (QED) is 0.920. The van der Waals surface area contributed by atoms with E-state index in [-0.39, 0.29) is 12.6 Å². The largest absolute Gasteiger partial charge is 0.392 e. The highest BCUT2D eigenvalue weighted by Crippen LogP contribution is 2.23. The van der Waals surface area contributed by atoms with Gasteiger partial charge in [0.25, 0.3) is 0 Å². The fraction of sp³-hybridized carbons (Fsp3) is 0.500. The van der Waals surface area contributed by atoms with Crippen LogP contribution in [0, 0.1) is 6.92 Å². The minimum absolute atomic E-state index is 0.0907. The van der Waals surface area contributed by atoms with E-state index < -0.39 is 0 Å². The number of hydrogen-bond acceptors (Lipinski definition) is 6.